The molecule has 1 heterocycles. The Morgan fingerprint density at radius 2 is 1.83 bits per heavy atom. The number of amides is 1. The minimum absolute atomic E-state index is 0. The molecule has 0 spiro atoms. The molecule has 1 saturated carbocycles. The lowest BCUT2D eigenvalue weighted by Crippen LogP contribution is -2.50. The molecule has 0 aromatic heterocycles. The Morgan fingerprint density at radius 3 is 2.39 bits per heavy atom. The van der Waals surface area contributed by atoms with Crippen molar-refractivity contribution in [1.29, 1.82) is 0 Å². The van der Waals surface area contributed by atoms with Crippen LogP contribution < -0.4 is 14.2 Å². The molecule has 0 radical (unpaired) electrons. The first-order valence-electron chi connectivity index (χ1n) is 11.4. The number of hydrogen-bond donors (Lipinski definition) is 1. The average Bonchev–Trinajstić information content (AvgIpc) is 3.55. The molecule has 1 atom stereocenters. The lowest BCUT2D eigenvalue weighted by Gasteiger charge is -2.43. The van der Waals surface area contributed by atoms with Crippen LogP contribution in [0.4, 0.5) is 17.6 Å². The normalized spacial score (nSPS) is 17.8. The maximum Gasteiger partial charge on any atom is 0.573 e. The van der Waals surface area contributed by atoms with Crippen molar-refractivity contribution < 1.29 is 41.7 Å². The topological polar surface area (TPSA) is 84.9 Å². The standard InChI is InChI=1S/C24H26F4N2O5S.H2/c1-14(16-5-7-18(8-6-16)35-24(26,27)28)30-11-15(12-30)13-34-22-10-21(25)20(9-19(22)17-3-4-17)23(31)29-36(2,32)33;/h5-10,14-15,17H,3-4,11-13H2,1-2H3,(H,29,31);1H. The van der Waals surface area contributed by atoms with E-state index in [0.717, 1.165) is 30.7 Å². The van der Waals surface area contributed by atoms with Crippen molar-refractivity contribution in [1.82, 2.24) is 9.62 Å². The fourth-order valence-corrected chi connectivity index (χ4v) is 4.65. The van der Waals surface area contributed by atoms with E-state index in [2.05, 4.69) is 9.64 Å². The summed E-state index contributed by atoms with van der Waals surface area (Å²) in [5, 5.41) is 0. The van der Waals surface area contributed by atoms with Crippen LogP contribution in [0.2, 0.25) is 0 Å². The summed E-state index contributed by atoms with van der Waals surface area (Å²) in [5.74, 6) is -1.51. The summed E-state index contributed by atoms with van der Waals surface area (Å²) in [4.78, 5) is 14.3. The SMILES string of the molecule is CC(c1ccc(OC(F)(F)F)cc1)N1CC(COc2cc(F)c(C(=O)NS(C)(=O)=O)cc2C2CC2)C1.[HH]. The molecular formula is C24H28F4N2O5S. The number of likely N-dealkylation sites (tertiary alicyclic amines) is 1. The van der Waals surface area contributed by atoms with Crippen molar-refractivity contribution in [2.24, 2.45) is 5.92 Å². The van der Waals surface area contributed by atoms with Crippen molar-refractivity contribution in [2.45, 2.75) is 38.1 Å². The summed E-state index contributed by atoms with van der Waals surface area (Å²) in [5.41, 5.74) is 1.19. The minimum atomic E-state index is -4.73. The molecule has 2 aromatic rings. The van der Waals surface area contributed by atoms with E-state index in [1.165, 1.54) is 18.2 Å². The highest BCUT2D eigenvalue weighted by Crippen LogP contribution is 2.45. The second kappa shape index (κ2) is 9.89. The van der Waals surface area contributed by atoms with Gasteiger partial charge in [-0.15, -0.1) is 13.2 Å². The smallest absolute Gasteiger partial charge is 0.493 e. The van der Waals surface area contributed by atoms with Crippen LogP contribution in [0.25, 0.3) is 0 Å². The Morgan fingerprint density at radius 1 is 1.19 bits per heavy atom. The van der Waals surface area contributed by atoms with Crippen LogP contribution in [0.5, 0.6) is 11.5 Å². The van der Waals surface area contributed by atoms with Gasteiger partial charge < -0.3 is 9.47 Å². The van der Waals surface area contributed by atoms with E-state index in [1.54, 1.807) is 16.9 Å². The maximum atomic E-state index is 14.6. The van der Waals surface area contributed by atoms with Gasteiger partial charge in [0.1, 0.15) is 17.3 Å². The number of nitrogens with one attached hydrogen (secondary N) is 1. The van der Waals surface area contributed by atoms with Gasteiger partial charge >= 0.3 is 6.36 Å². The first-order chi connectivity index (χ1) is 16.8. The summed E-state index contributed by atoms with van der Waals surface area (Å²) in [6.45, 7) is 3.67. The fraction of sp³-hybridized carbons (Fsp3) is 0.458. The highest BCUT2D eigenvalue weighted by molar-refractivity contribution is 7.89. The van der Waals surface area contributed by atoms with E-state index >= 15 is 0 Å². The number of ether oxygens (including phenoxy) is 2. The van der Waals surface area contributed by atoms with Crippen LogP contribution in [-0.2, 0) is 10.0 Å². The van der Waals surface area contributed by atoms with E-state index in [4.69, 9.17) is 4.74 Å². The number of halogens is 4. The monoisotopic (exact) mass is 532 g/mol. The molecule has 4 rings (SSSR count). The zero-order valence-corrected chi connectivity index (χ0v) is 20.5. The third-order valence-electron chi connectivity index (χ3n) is 6.24. The Bertz CT molecular complexity index is 1230. The molecule has 1 aliphatic heterocycles. The number of benzene rings is 2. The zero-order valence-electron chi connectivity index (χ0n) is 19.6. The van der Waals surface area contributed by atoms with Gasteiger partial charge in [0.15, 0.2) is 0 Å². The van der Waals surface area contributed by atoms with Crippen LogP contribution in [0.1, 0.15) is 54.6 Å². The lowest BCUT2D eigenvalue weighted by atomic mass is 9.95. The van der Waals surface area contributed by atoms with Crippen LogP contribution in [0.3, 0.4) is 0 Å². The number of carbonyl (C=O) groups excluding carboxylic acids is 1. The van der Waals surface area contributed by atoms with Gasteiger partial charge in [-0.05, 0) is 55.0 Å². The predicted octanol–water partition coefficient (Wildman–Crippen LogP) is 4.61. The van der Waals surface area contributed by atoms with Crippen LogP contribution in [0, 0.1) is 11.7 Å². The molecule has 198 valence electrons. The van der Waals surface area contributed by atoms with Crippen LogP contribution in [-0.4, -0.2) is 51.5 Å². The highest BCUT2D eigenvalue weighted by atomic mass is 32.2. The number of sulfonamides is 1. The third kappa shape index (κ3) is 6.67. The quantitative estimate of drug-likeness (QED) is 0.475. The van der Waals surface area contributed by atoms with Gasteiger partial charge in [-0.1, -0.05) is 12.1 Å². The molecule has 1 aliphatic carbocycles. The van der Waals surface area contributed by atoms with Gasteiger partial charge in [-0.3, -0.25) is 9.69 Å². The molecule has 2 fully saturated rings. The number of rotatable bonds is 9. The molecule has 0 bridgehead atoms. The lowest BCUT2D eigenvalue weighted by molar-refractivity contribution is -0.274. The third-order valence-corrected chi connectivity index (χ3v) is 6.80. The van der Waals surface area contributed by atoms with Crippen LogP contribution >= 0.6 is 0 Å². The molecule has 12 heteroatoms. The summed E-state index contributed by atoms with van der Waals surface area (Å²) < 4.78 is 85.9. The summed E-state index contributed by atoms with van der Waals surface area (Å²) in [7, 11) is -3.83. The van der Waals surface area contributed by atoms with Crippen molar-refractivity contribution in [3.63, 3.8) is 0 Å². The Balaban J connectivity index is 0.00000380. The van der Waals surface area contributed by atoms with Crippen molar-refractivity contribution >= 4 is 15.9 Å². The van der Waals surface area contributed by atoms with Crippen molar-refractivity contribution in [3.8, 4) is 11.5 Å². The second-order valence-corrected chi connectivity index (χ2v) is 11.0. The predicted molar refractivity (Wildman–Crippen MR) is 125 cm³/mol. The number of alkyl halides is 3. The summed E-state index contributed by atoms with van der Waals surface area (Å²) in [6, 6.07) is 8.25. The number of carbonyl (C=O) groups is 1. The number of nitrogens with zero attached hydrogens (tertiary/aromatic N) is 1. The summed E-state index contributed by atoms with van der Waals surface area (Å²) >= 11 is 0. The van der Waals surface area contributed by atoms with Gasteiger partial charge in [0.05, 0.1) is 18.4 Å². The maximum absolute atomic E-state index is 14.6. The average molecular weight is 533 g/mol. The van der Waals surface area contributed by atoms with E-state index in [9.17, 15) is 30.8 Å². The first-order valence-corrected chi connectivity index (χ1v) is 13.3. The highest BCUT2D eigenvalue weighted by Gasteiger charge is 2.34. The molecule has 36 heavy (non-hydrogen) atoms. The number of hydrogen-bond acceptors (Lipinski definition) is 6. The Hall–Kier alpha value is -2.86. The zero-order chi connectivity index (χ0) is 26.3. The first kappa shape index (κ1) is 26.2. The minimum Gasteiger partial charge on any atom is -0.493 e. The van der Waals surface area contributed by atoms with Gasteiger partial charge in [-0.25, -0.2) is 17.5 Å². The van der Waals surface area contributed by atoms with Gasteiger partial charge in [-0.2, -0.15) is 0 Å². The molecule has 1 saturated heterocycles. The van der Waals surface area contributed by atoms with Gasteiger partial charge in [0.25, 0.3) is 5.91 Å². The van der Waals surface area contributed by atoms with E-state index < -0.39 is 28.1 Å². The summed E-state index contributed by atoms with van der Waals surface area (Å²) in [6.07, 6.45) is -2.17. The molecule has 1 N–H and O–H groups in total. The van der Waals surface area contributed by atoms with Gasteiger partial charge in [0, 0.05) is 32.5 Å². The molecular weight excluding hydrogens is 504 g/mol. The molecule has 7 nitrogen and oxygen atoms in total. The Labute approximate surface area is 207 Å². The van der Waals surface area contributed by atoms with Gasteiger partial charge in [0.2, 0.25) is 10.0 Å². The molecule has 1 unspecified atom stereocenters. The molecule has 1 amide bonds. The van der Waals surface area contributed by atoms with Crippen molar-refractivity contribution in [2.75, 3.05) is 26.0 Å². The van der Waals surface area contributed by atoms with E-state index in [-0.39, 0.29) is 30.6 Å². The molecule has 2 aliphatic rings. The Kier molecular flexibility index (Phi) is 7.20. The van der Waals surface area contributed by atoms with Crippen molar-refractivity contribution in [3.05, 3.63) is 58.9 Å². The van der Waals surface area contributed by atoms with E-state index in [0.29, 0.717) is 31.0 Å². The fourth-order valence-electron chi connectivity index (χ4n) is 4.21. The van der Waals surface area contributed by atoms with E-state index in [1.807, 2.05) is 6.92 Å². The van der Waals surface area contributed by atoms with Crippen LogP contribution in [0.15, 0.2) is 36.4 Å². The molecule has 2 aromatic carbocycles. The second-order valence-electron chi connectivity index (χ2n) is 9.27. The largest absolute Gasteiger partial charge is 0.573 e.